The van der Waals surface area contributed by atoms with E-state index in [1.54, 1.807) is 12.3 Å². The molecule has 0 spiro atoms. The van der Waals surface area contributed by atoms with Crippen molar-refractivity contribution in [2.75, 3.05) is 18.5 Å². The Labute approximate surface area is 92.4 Å². The number of anilines is 1. The van der Waals surface area contributed by atoms with Gasteiger partial charge in [0.1, 0.15) is 6.61 Å². The number of carboxylic acid groups (broad SMARTS) is 1. The fourth-order valence-electron chi connectivity index (χ4n) is 1.55. The average molecular weight is 223 g/mol. The van der Waals surface area contributed by atoms with Gasteiger partial charge in [-0.05, 0) is 11.6 Å². The van der Waals surface area contributed by atoms with Gasteiger partial charge in [-0.15, -0.1) is 0 Å². The molecule has 16 heavy (non-hydrogen) atoms. The number of fused-ring (bicyclic) bond motifs is 1. The third-order valence-electron chi connectivity index (χ3n) is 2.35. The molecule has 6 heteroatoms. The van der Waals surface area contributed by atoms with Crippen LogP contribution in [0.1, 0.15) is 18.0 Å². The van der Waals surface area contributed by atoms with E-state index >= 15 is 0 Å². The molecule has 0 aliphatic carbocycles. The van der Waals surface area contributed by atoms with Crippen LogP contribution in [0.3, 0.4) is 0 Å². The monoisotopic (exact) mass is 223 g/mol. The zero-order chi connectivity index (χ0) is 11.5. The number of nitrogens with zero attached hydrogens (tertiary/aromatic N) is 1. The van der Waals surface area contributed by atoms with Crippen LogP contribution in [0.15, 0.2) is 12.3 Å². The molecule has 0 fully saturated rings. The summed E-state index contributed by atoms with van der Waals surface area (Å²) in [6.45, 7) is 1.30. The van der Waals surface area contributed by atoms with Crippen LogP contribution >= 0.6 is 0 Å². The lowest BCUT2D eigenvalue weighted by Gasteiger charge is -2.19. The van der Waals surface area contributed by atoms with Crippen LogP contribution in [0.2, 0.25) is 0 Å². The Bertz CT molecular complexity index is 408. The van der Waals surface area contributed by atoms with Crippen molar-refractivity contribution in [1.82, 2.24) is 4.98 Å². The summed E-state index contributed by atoms with van der Waals surface area (Å²) in [6.07, 6.45) is 1.45. The van der Waals surface area contributed by atoms with Crippen molar-refractivity contribution < 1.29 is 14.6 Å². The molecule has 1 atom stereocenters. The van der Waals surface area contributed by atoms with Gasteiger partial charge in [-0.2, -0.15) is 0 Å². The van der Waals surface area contributed by atoms with E-state index in [0.29, 0.717) is 24.6 Å². The Morgan fingerprint density at radius 2 is 2.56 bits per heavy atom. The van der Waals surface area contributed by atoms with E-state index in [1.165, 1.54) is 0 Å². The lowest BCUT2D eigenvalue weighted by Crippen LogP contribution is -2.20. The van der Waals surface area contributed by atoms with Crippen LogP contribution < -0.4 is 15.8 Å². The molecule has 0 saturated heterocycles. The number of rotatable bonds is 3. The summed E-state index contributed by atoms with van der Waals surface area (Å²) in [5, 5.41) is 11.8. The van der Waals surface area contributed by atoms with Gasteiger partial charge in [0.15, 0.2) is 0 Å². The van der Waals surface area contributed by atoms with Gasteiger partial charge in [-0.3, -0.25) is 4.79 Å². The van der Waals surface area contributed by atoms with E-state index in [2.05, 4.69) is 10.3 Å². The first-order valence-electron chi connectivity index (χ1n) is 5.01. The number of carboxylic acids is 1. The Balaban J connectivity index is 2.19. The van der Waals surface area contributed by atoms with Gasteiger partial charge < -0.3 is 20.9 Å². The van der Waals surface area contributed by atoms with E-state index in [-0.39, 0.29) is 6.42 Å². The molecule has 2 heterocycles. The van der Waals surface area contributed by atoms with E-state index in [4.69, 9.17) is 15.6 Å². The zero-order valence-electron chi connectivity index (χ0n) is 8.64. The minimum atomic E-state index is -0.922. The number of nitrogens with two attached hydrogens (primary N) is 1. The largest absolute Gasteiger partial charge is 0.481 e. The topological polar surface area (TPSA) is 97.5 Å². The zero-order valence-corrected chi connectivity index (χ0v) is 8.64. The summed E-state index contributed by atoms with van der Waals surface area (Å²) < 4.78 is 5.31. The van der Waals surface area contributed by atoms with Gasteiger partial charge in [0.05, 0.1) is 12.1 Å². The first kappa shape index (κ1) is 10.7. The van der Waals surface area contributed by atoms with E-state index in [9.17, 15) is 4.79 Å². The average Bonchev–Trinajstić information content (AvgIpc) is 2.27. The van der Waals surface area contributed by atoms with Crippen molar-refractivity contribution in [1.29, 1.82) is 0 Å². The van der Waals surface area contributed by atoms with Crippen LogP contribution in [0.25, 0.3) is 0 Å². The van der Waals surface area contributed by atoms with Crippen molar-refractivity contribution in [3.8, 4) is 5.88 Å². The number of hydrogen-bond donors (Lipinski definition) is 3. The van der Waals surface area contributed by atoms with E-state index in [1.807, 2.05) is 0 Å². The van der Waals surface area contributed by atoms with Crippen LogP contribution in [0, 0.1) is 0 Å². The fraction of sp³-hybridized carbons (Fsp3) is 0.400. The van der Waals surface area contributed by atoms with Gasteiger partial charge in [0.25, 0.3) is 0 Å². The molecular weight excluding hydrogens is 210 g/mol. The predicted molar refractivity (Wildman–Crippen MR) is 57.4 cm³/mol. The van der Waals surface area contributed by atoms with E-state index in [0.717, 1.165) is 5.69 Å². The quantitative estimate of drug-likeness (QED) is 0.684. The molecule has 1 aliphatic heterocycles. The van der Waals surface area contributed by atoms with Crippen LogP contribution in [0.4, 0.5) is 5.69 Å². The molecule has 0 saturated carbocycles. The number of pyridine rings is 1. The first-order chi connectivity index (χ1) is 7.66. The molecule has 2 rings (SSSR count). The van der Waals surface area contributed by atoms with Crippen molar-refractivity contribution in [2.45, 2.75) is 12.5 Å². The van der Waals surface area contributed by atoms with Gasteiger partial charge >= 0.3 is 5.97 Å². The minimum absolute atomic E-state index is 0.110. The second kappa shape index (κ2) is 4.36. The SMILES string of the molecule is N[C@@H](CC(=O)O)c1cnc2c(c1)NCCO2. The summed E-state index contributed by atoms with van der Waals surface area (Å²) in [5.41, 5.74) is 7.20. The molecule has 86 valence electrons. The highest BCUT2D eigenvalue weighted by atomic mass is 16.5. The normalized spacial score (nSPS) is 15.6. The molecular formula is C10H13N3O3. The first-order valence-corrected chi connectivity index (χ1v) is 5.01. The second-order valence-electron chi connectivity index (χ2n) is 3.60. The van der Waals surface area contributed by atoms with E-state index < -0.39 is 12.0 Å². The van der Waals surface area contributed by atoms with Gasteiger partial charge in [-0.1, -0.05) is 0 Å². The molecule has 4 N–H and O–H groups in total. The van der Waals surface area contributed by atoms with Crippen molar-refractivity contribution >= 4 is 11.7 Å². The Hall–Kier alpha value is -1.82. The maximum atomic E-state index is 10.5. The number of hydrogen-bond acceptors (Lipinski definition) is 5. The molecule has 1 aromatic rings. The highest BCUT2D eigenvalue weighted by Crippen LogP contribution is 2.27. The standard InChI is InChI=1S/C10H13N3O3/c11-7(4-9(14)15)6-3-8-10(13-5-6)16-2-1-12-8/h3,5,7,12H,1-2,4,11H2,(H,14,15)/t7-/m0/s1. The lowest BCUT2D eigenvalue weighted by molar-refractivity contribution is -0.137. The third kappa shape index (κ3) is 2.22. The van der Waals surface area contributed by atoms with Gasteiger partial charge in [-0.25, -0.2) is 4.98 Å². The van der Waals surface area contributed by atoms with Gasteiger partial charge in [0.2, 0.25) is 5.88 Å². The molecule has 0 amide bonds. The van der Waals surface area contributed by atoms with Crippen molar-refractivity contribution in [2.24, 2.45) is 5.73 Å². The lowest BCUT2D eigenvalue weighted by atomic mass is 10.1. The highest BCUT2D eigenvalue weighted by Gasteiger charge is 2.16. The maximum Gasteiger partial charge on any atom is 0.305 e. The summed E-state index contributed by atoms with van der Waals surface area (Å²) in [6, 6.07) is 1.24. The second-order valence-corrected chi connectivity index (χ2v) is 3.60. The number of carbonyl (C=O) groups is 1. The number of aliphatic carboxylic acids is 1. The molecule has 0 radical (unpaired) electrons. The predicted octanol–water partition coefficient (Wildman–Crippen LogP) is 0.360. The summed E-state index contributed by atoms with van der Waals surface area (Å²) in [5.74, 6) is -0.382. The number of aromatic nitrogens is 1. The van der Waals surface area contributed by atoms with Crippen LogP contribution in [-0.2, 0) is 4.79 Å². The van der Waals surface area contributed by atoms with Crippen LogP contribution in [-0.4, -0.2) is 29.2 Å². The molecule has 0 bridgehead atoms. The van der Waals surface area contributed by atoms with Crippen LogP contribution in [0.5, 0.6) is 5.88 Å². The molecule has 6 nitrogen and oxygen atoms in total. The minimum Gasteiger partial charge on any atom is -0.481 e. The van der Waals surface area contributed by atoms with Crippen molar-refractivity contribution in [3.63, 3.8) is 0 Å². The number of nitrogens with one attached hydrogen (secondary N) is 1. The van der Waals surface area contributed by atoms with Gasteiger partial charge in [0, 0.05) is 18.8 Å². The Morgan fingerprint density at radius 1 is 1.75 bits per heavy atom. The Kier molecular flexibility index (Phi) is 2.91. The smallest absolute Gasteiger partial charge is 0.305 e. The Morgan fingerprint density at radius 3 is 3.31 bits per heavy atom. The van der Waals surface area contributed by atoms with Crippen molar-refractivity contribution in [3.05, 3.63) is 17.8 Å². The third-order valence-corrected chi connectivity index (χ3v) is 2.35. The molecule has 0 aromatic carbocycles. The maximum absolute atomic E-state index is 10.5. The molecule has 0 unspecified atom stereocenters. The molecule has 1 aromatic heterocycles. The highest BCUT2D eigenvalue weighted by molar-refractivity contribution is 5.68. The fourth-order valence-corrected chi connectivity index (χ4v) is 1.55. The summed E-state index contributed by atoms with van der Waals surface area (Å²) in [4.78, 5) is 14.6. The number of ether oxygens (including phenoxy) is 1. The molecule has 1 aliphatic rings. The summed E-state index contributed by atoms with van der Waals surface area (Å²) >= 11 is 0. The summed E-state index contributed by atoms with van der Waals surface area (Å²) in [7, 11) is 0.